The normalized spacial score (nSPS) is 11.5. The van der Waals surface area contributed by atoms with E-state index in [2.05, 4.69) is 22.6 Å². The molecule has 0 unspecified atom stereocenters. The summed E-state index contributed by atoms with van der Waals surface area (Å²) in [6, 6.07) is 1.93. The third-order valence-electron chi connectivity index (χ3n) is 2.13. The second kappa shape index (κ2) is 4.18. The van der Waals surface area contributed by atoms with Crippen molar-refractivity contribution < 1.29 is 4.79 Å². The number of nitrogens with zero attached hydrogens (tertiary/aromatic N) is 1. The van der Waals surface area contributed by atoms with Gasteiger partial charge < -0.3 is 4.90 Å². The SMILES string of the molecule is CN(C(=O)c1csc(I)c1)C(C)(C)C. The van der Waals surface area contributed by atoms with Crippen LogP contribution >= 0.6 is 33.9 Å². The Morgan fingerprint density at radius 1 is 1.50 bits per heavy atom. The summed E-state index contributed by atoms with van der Waals surface area (Å²) in [5.74, 6) is 0.0941. The maximum absolute atomic E-state index is 11.9. The second-order valence-electron chi connectivity index (χ2n) is 4.17. The number of hydrogen-bond donors (Lipinski definition) is 0. The topological polar surface area (TPSA) is 20.3 Å². The summed E-state index contributed by atoms with van der Waals surface area (Å²) < 4.78 is 1.15. The standard InChI is InChI=1S/C10H14INOS/c1-10(2,3)12(4)9(13)7-5-8(11)14-6-7/h5-6H,1-4H3. The van der Waals surface area contributed by atoms with Crippen molar-refractivity contribution in [2.24, 2.45) is 0 Å². The Kier molecular flexibility index (Phi) is 3.58. The molecule has 0 spiro atoms. The van der Waals surface area contributed by atoms with Gasteiger partial charge in [-0.2, -0.15) is 0 Å². The van der Waals surface area contributed by atoms with E-state index in [4.69, 9.17) is 0 Å². The van der Waals surface area contributed by atoms with Gasteiger partial charge in [-0.25, -0.2) is 0 Å². The van der Waals surface area contributed by atoms with Gasteiger partial charge in [0.05, 0.1) is 8.45 Å². The van der Waals surface area contributed by atoms with Crippen molar-refractivity contribution >= 4 is 39.8 Å². The summed E-state index contributed by atoms with van der Waals surface area (Å²) in [6.07, 6.45) is 0. The lowest BCUT2D eigenvalue weighted by molar-refractivity contribution is 0.0656. The number of amides is 1. The molecule has 1 rings (SSSR count). The van der Waals surface area contributed by atoms with Crippen molar-refractivity contribution in [1.82, 2.24) is 4.90 Å². The molecule has 78 valence electrons. The molecule has 0 saturated carbocycles. The van der Waals surface area contributed by atoms with Gasteiger partial charge in [0, 0.05) is 18.0 Å². The molecule has 0 aromatic carbocycles. The third kappa shape index (κ3) is 2.70. The molecule has 0 fully saturated rings. The quantitative estimate of drug-likeness (QED) is 0.727. The average molecular weight is 323 g/mol. The van der Waals surface area contributed by atoms with E-state index in [9.17, 15) is 4.79 Å². The highest BCUT2D eigenvalue weighted by Gasteiger charge is 2.23. The lowest BCUT2D eigenvalue weighted by atomic mass is 10.1. The monoisotopic (exact) mass is 323 g/mol. The minimum atomic E-state index is -0.121. The van der Waals surface area contributed by atoms with E-state index in [0.29, 0.717) is 0 Å². The predicted molar refractivity (Wildman–Crippen MR) is 68.9 cm³/mol. The Morgan fingerprint density at radius 3 is 2.43 bits per heavy atom. The highest BCUT2D eigenvalue weighted by atomic mass is 127. The predicted octanol–water partition coefficient (Wildman–Crippen LogP) is 3.22. The van der Waals surface area contributed by atoms with Gasteiger partial charge in [-0.05, 0) is 49.4 Å². The molecule has 0 aliphatic heterocycles. The highest BCUT2D eigenvalue weighted by molar-refractivity contribution is 14.1. The first-order chi connectivity index (χ1) is 6.32. The highest BCUT2D eigenvalue weighted by Crippen LogP contribution is 2.20. The molecular formula is C10H14INOS. The summed E-state index contributed by atoms with van der Waals surface area (Å²) in [5, 5.41) is 1.91. The van der Waals surface area contributed by atoms with Crippen LogP contribution in [-0.2, 0) is 0 Å². The van der Waals surface area contributed by atoms with E-state index in [1.54, 1.807) is 16.2 Å². The van der Waals surface area contributed by atoms with Crippen LogP contribution in [0.4, 0.5) is 0 Å². The number of carbonyl (C=O) groups is 1. The Balaban J connectivity index is 2.86. The van der Waals surface area contributed by atoms with Crippen LogP contribution in [0.2, 0.25) is 0 Å². The van der Waals surface area contributed by atoms with Crippen molar-refractivity contribution in [2.45, 2.75) is 26.3 Å². The fourth-order valence-electron chi connectivity index (χ4n) is 0.921. The van der Waals surface area contributed by atoms with Crippen molar-refractivity contribution in [2.75, 3.05) is 7.05 Å². The first-order valence-electron chi connectivity index (χ1n) is 4.34. The molecule has 1 heterocycles. The molecule has 0 aliphatic carbocycles. The summed E-state index contributed by atoms with van der Waals surface area (Å²) in [6.45, 7) is 6.09. The van der Waals surface area contributed by atoms with Gasteiger partial charge in [0.1, 0.15) is 0 Å². The molecular weight excluding hydrogens is 309 g/mol. The third-order valence-corrected chi connectivity index (χ3v) is 3.91. The molecule has 0 aliphatic rings. The van der Waals surface area contributed by atoms with Gasteiger partial charge in [0.15, 0.2) is 0 Å². The summed E-state index contributed by atoms with van der Waals surface area (Å²) in [4.78, 5) is 13.7. The Morgan fingerprint density at radius 2 is 2.07 bits per heavy atom. The van der Waals surface area contributed by atoms with Crippen LogP contribution in [0.15, 0.2) is 11.4 Å². The van der Waals surface area contributed by atoms with Crippen LogP contribution in [0, 0.1) is 2.88 Å². The van der Waals surface area contributed by atoms with Crippen molar-refractivity contribution in [1.29, 1.82) is 0 Å². The molecule has 1 aromatic heterocycles. The fourth-order valence-corrected chi connectivity index (χ4v) is 2.24. The summed E-state index contributed by atoms with van der Waals surface area (Å²) in [5.41, 5.74) is 0.668. The first kappa shape index (κ1) is 12.0. The molecule has 0 N–H and O–H groups in total. The maximum atomic E-state index is 11.9. The number of halogens is 1. The van der Waals surface area contributed by atoms with Crippen molar-refractivity contribution in [3.05, 3.63) is 19.9 Å². The fraction of sp³-hybridized carbons (Fsp3) is 0.500. The van der Waals surface area contributed by atoms with Crippen molar-refractivity contribution in [3.63, 3.8) is 0 Å². The van der Waals surface area contributed by atoms with E-state index in [1.165, 1.54) is 0 Å². The van der Waals surface area contributed by atoms with E-state index in [-0.39, 0.29) is 11.4 Å². The van der Waals surface area contributed by atoms with E-state index < -0.39 is 0 Å². The van der Waals surface area contributed by atoms with Gasteiger partial charge in [-0.15, -0.1) is 11.3 Å². The lowest BCUT2D eigenvalue weighted by Gasteiger charge is -2.31. The Bertz CT molecular complexity index is 340. The first-order valence-corrected chi connectivity index (χ1v) is 6.30. The lowest BCUT2D eigenvalue weighted by Crippen LogP contribution is -2.42. The van der Waals surface area contributed by atoms with E-state index in [0.717, 1.165) is 8.45 Å². The minimum absolute atomic E-state index is 0.0941. The van der Waals surface area contributed by atoms with Gasteiger partial charge in [-0.3, -0.25) is 4.79 Å². The zero-order valence-corrected chi connectivity index (χ0v) is 11.8. The second-order valence-corrected chi connectivity index (χ2v) is 6.98. The Hall–Kier alpha value is -0.100. The number of rotatable bonds is 1. The van der Waals surface area contributed by atoms with Crippen LogP contribution in [0.3, 0.4) is 0 Å². The molecule has 4 heteroatoms. The van der Waals surface area contributed by atoms with E-state index in [1.807, 2.05) is 39.3 Å². The minimum Gasteiger partial charge on any atom is -0.337 e. The molecule has 1 aromatic rings. The van der Waals surface area contributed by atoms with Crippen LogP contribution < -0.4 is 0 Å². The van der Waals surface area contributed by atoms with Crippen LogP contribution in [0.1, 0.15) is 31.1 Å². The van der Waals surface area contributed by atoms with Crippen LogP contribution in [0.25, 0.3) is 0 Å². The summed E-state index contributed by atoms with van der Waals surface area (Å²) in [7, 11) is 1.84. The van der Waals surface area contributed by atoms with Crippen molar-refractivity contribution in [3.8, 4) is 0 Å². The zero-order valence-electron chi connectivity index (χ0n) is 8.80. The maximum Gasteiger partial charge on any atom is 0.254 e. The molecule has 0 bridgehead atoms. The van der Waals surface area contributed by atoms with E-state index >= 15 is 0 Å². The molecule has 14 heavy (non-hydrogen) atoms. The molecule has 0 radical (unpaired) electrons. The van der Waals surface area contributed by atoms with Gasteiger partial charge >= 0.3 is 0 Å². The van der Waals surface area contributed by atoms with Gasteiger partial charge in [0.2, 0.25) is 0 Å². The summed E-state index contributed by atoms with van der Waals surface area (Å²) >= 11 is 3.83. The molecule has 0 atom stereocenters. The van der Waals surface area contributed by atoms with Crippen LogP contribution in [0.5, 0.6) is 0 Å². The van der Waals surface area contributed by atoms with Gasteiger partial charge in [-0.1, -0.05) is 0 Å². The smallest absolute Gasteiger partial charge is 0.254 e. The number of hydrogen-bond acceptors (Lipinski definition) is 2. The van der Waals surface area contributed by atoms with Crippen LogP contribution in [-0.4, -0.2) is 23.4 Å². The molecule has 2 nitrogen and oxygen atoms in total. The average Bonchev–Trinajstić information content (AvgIpc) is 2.47. The number of thiophene rings is 1. The molecule has 1 amide bonds. The number of carbonyl (C=O) groups excluding carboxylic acids is 1. The largest absolute Gasteiger partial charge is 0.337 e. The molecule has 0 saturated heterocycles. The Labute approximate surface area is 102 Å². The zero-order chi connectivity index (χ0) is 10.9. The van der Waals surface area contributed by atoms with Gasteiger partial charge in [0.25, 0.3) is 5.91 Å².